The Balaban J connectivity index is 2.15. The molecule has 0 amide bonds. The number of hydrogen-bond acceptors (Lipinski definition) is 0. The highest BCUT2D eigenvalue weighted by Gasteiger charge is 2.56. The minimum absolute atomic E-state index is 0.618. The van der Waals surface area contributed by atoms with Gasteiger partial charge in [-0.05, 0) is 41.4 Å². The monoisotopic (exact) mass is 194 g/mol. The summed E-state index contributed by atoms with van der Waals surface area (Å²) in [7, 11) is 0. The van der Waals surface area contributed by atoms with Gasteiger partial charge in [0.1, 0.15) is 0 Å². The largest absolute Gasteiger partial charge is 0.0622 e. The molecule has 0 aromatic heterocycles. The molecule has 0 spiro atoms. The molecule has 0 bridgehead atoms. The topological polar surface area (TPSA) is 0 Å². The molecule has 0 aliphatic heterocycles. The standard InChI is InChI=1S/C14H26/c1-10-7-6-8-11(10)12-13(2,3)9-14(12,4)5/h10-12H,6-9H2,1-5H3. The Kier molecular flexibility index (Phi) is 2.25. The molecule has 0 saturated heterocycles. The molecule has 14 heavy (non-hydrogen) atoms. The molecule has 0 nitrogen and oxygen atoms in total. The lowest BCUT2D eigenvalue weighted by Gasteiger charge is -2.61. The Morgan fingerprint density at radius 3 is 1.86 bits per heavy atom. The van der Waals surface area contributed by atoms with E-state index in [0.717, 1.165) is 17.8 Å². The third kappa shape index (κ3) is 1.42. The molecule has 2 aliphatic rings. The van der Waals surface area contributed by atoms with Crippen LogP contribution in [0.15, 0.2) is 0 Å². The first-order valence-corrected chi connectivity index (χ1v) is 6.34. The molecule has 2 atom stereocenters. The molecule has 2 saturated carbocycles. The third-order valence-corrected chi connectivity index (χ3v) is 4.95. The van der Waals surface area contributed by atoms with Crippen molar-refractivity contribution in [1.29, 1.82) is 0 Å². The molecule has 2 aliphatic carbocycles. The van der Waals surface area contributed by atoms with E-state index in [4.69, 9.17) is 0 Å². The van der Waals surface area contributed by atoms with Gasteiger partial charge in [-0.15, -0.1) is 0 Å². The number of rotatable bonds is 1. The maximum Gasteiger partial charge on any atom is -0.0280 e. The fraction of sp³-hybridized carbons (Fsp3) is 1.00. The quantitative estimate of drug-likeness (QED) is 0.577. The first kappa shape index (κ1) is 10.5. The molecule has 0 heteroatoms. The lowest BCUT2D eigenvalue weighted by molar-refractivity contribution is -0.122. The summed E-state index contributed by atoms with van der Waals surface area (Å²) in [5.41, 5.74) is 1.24. The van der Waals surface area contributed by atoms with Crippen LogP contribution in [0.25, 0.3) is 0 Å². The van der Waals surface area contributed by atoms with Crippen LogP contribution in [-0.2, 0) is 0 Å². The van der Waals surface area contributed by atoms with E-state index in [1.165, 1.54) is 25.7 Å². The Bertz CT molecular complexity index is 210. The summed E-state index contributed by atoms with van der Waals surface area (Å²) < 4.78 is 0. The van der Waals surface area contributed by atoms with Gasteiger partial charge < -0.3 is 0 Å². The highest BCUT2D eigenvalue weighted by molar-refractivity contribution is 5.05. The van der Waals surface area contributed by atoms with E-state index in [2.05, 4.69) is 34.6 Å². The zero-order valence-corrected chi connectivity index (χ0v) is 10.6. The summed E-state index contributed by atoms with van der Waals surface area (Å²) >= 11 is 0. The Morgan fingerprint density at radius 1 is 0.929 bits per heavy atom. The molecular formula is C14H26. The van der Waals surface area contributed by atoms with Crippen LogP contribution >= 0.6 is 0 Å². The van der Waals surface area contributed by atoms with Crippen molar-refractivity contribution in [2.45, 2.75) is 60.3 Å². The average molecular weight is 194 g/mol. The van der Waals surface area contributed by atoms with Gasteiger partial charge >= 0.3 is 0 Å². The second-order valence-corrected chi connectivity index (χ2v) is 7.20. The second kappa shape index (κ2) is 3.00. The van der Waals surface area contributed by atoms with Gasteiger partial charge in [0.25, 0.3) is 0 Å². The predicted molar refractivity (Wildman–Crippen MR) is 62.2 cm³/mol. The molecule has 2 unspecified atom stereocenters. The van der Waals surface area contributed by atoms with Crippen LogP contribution in [0.4, 0.5) is 0 Å². The predicted octanol–water partition coefficient (Wildman–Crippen LogP) is 4.49. The summed E-state index contributed by atoms with van der Waals surface area (Å²) in [6.45, 7) is 12.4. The van der Waals surface area contributed by atoms with E-state index < -0.39 is 0 Å². The van der Waals surface area contributed by atoms with Crippen molar-refractivity contribution in [3.05, 3.63) is 0 Å². The maximum atomic E-state index is 2.48. The van der Waals surface area contributed by atoms with Crippen molar-refractivity contribution in [2.75, 3.05) is 0 Å². The SMILES string of the molecule is CC1CCCC1C1C(C)(C)CC1(C)C. The smallest absolute Gasteiger partial charge is 0.0280 e. The molecule has 0 aromatic rings. The molecule has 0 aromatic carbocycles. The zero-order chi connectivity index (χ0) is 10.6. The minimum atomic E-state index is 0.618. The normalized spacial score (nSPS) is 40.9. The fourth-order valence-electron chi connectivity index (χ4n) is 5.15. The molecular weight excluding hydrogens is 168 g/mol. The van der Waals surface area contributed by atoms with Crippen LogP contribution in [0, 0.1) is 28.6 Å². The Morgan fingerprint density at radius 2 is 1.50 bits per heavy atom. The molecule has 0 radical (unpaired) electrons. The van der Waals surface area contributed by atoms with E-state index in [-0.39, 0.29) is 0 Å². The van der Waals surface area contributed by atoms with Crippen LogP contribution in [0.5, 0.6) is 0 Å². The zero-order valence-electron chi connectivity index (χ0n) is 10.6. The highest BCUT2D eigenvalue weighted by atomic mass is 14.6. The summed E-state index contributed by atoms with van der Waals surface area (Å²) in [6, 6.07) is 0. The van der Waals surface area contributed by atoms with Crippen LogP contribution in [0.3, 0.4) is 0 Å². The lowest BCUT2D eigenvalue weighted by atomic mass is 9.44. The highest BCUT2D eigenvalue weighted by Crippen LogP contribution is 2.64. The van der Waals surface area contributed by atoms with Crippen molar-refractivity contribution >= 4 is 0 Å². The van der Waals surface area contributed by atoms with Crippen LogP contribution in [-0.4, -0.2) is 0 Å². The van der Waals surface area contributed by atoms with Crippen molar-refractivity contribution in [1.82, 2.24) is 0 Å². The lowest BCUT2D eigenvalue weighted by Crippen LogP contribution is -2.54. The summed E-state index contributed by atoms with van der Waals surface area (Å²) in [5, 5.41) is 0. The van der Waals surface area contributed by atoms with Crippen LogP contribution in [0.1, 0.15) is 60.3 Å². The third-order valence-electron chi connectivity index (χ3n) is 4.95. The molecule has 0 heterocycles. The Labute approximate surface area is 89.5 Å². The van der Waals surface area contributed by atoms with Crippen molar-refractivity contribution in [2.24, 2.45) is 28.6 Å². The van der Waals surface area contributed by atoms with Gasteiger partial charge in [0, 0.05) is 0 Å². The van der Waals surface area contributed by atoms with Gasteiger partial charge in [-0.2, -0.15) is 0 Å². The van der Waals surface area contributed by atoms with Gasteiger partial charge in [-0.3, -0.25) is 0 Å². The minimum Gasteiger partial charge on any atom is -0.0622 e. The molecule has 2 fully saturated rings. The van der Waals surface area contributed by atoms with E-state index in [9.17, 15) is 0 Å². The number of hydrogen-bond donors (Lipinski definition) is 0. The summed E-state index contributed by atoms with van der Waals surface area (Å²) in [4.78, 5) is 0. The van der Waals surface area contributed by atoms with Crippen LogP contribution in [0.2, 0.25) is 0 Å². The average Bonchev–Trinajstić information content (AvgIpc) is 2.32. The van der Waals surface area contributed by atoms with E-state index in [1.54, 1.807) is 0 Å². The first-order valence-electron chi connectivity index (χ1n) is 6.34. The molecule has 2 rings (SSSR count). The van der Waals surface area contributed by atoms with Gasteiger partial charge in [-0.1, -0.05) is 47.5 Å². The summed E-state index contributed by atoms with van der Waals surface area (Å²) in [5.74, 6) is 2.99. The van der Waals surface area contributed by atoms with Crippen molar-refractivity contribution in [3.8, 4) is 0 Å². The van der Waals surface area contributed by atoms with Crippen molar-refractivity contribution in [3.63, 3.8) is 0 Å². The summed E-state index contributed by atoms with van der Waals surface area (Å²) in [6.07, 6.45) is 5.88. The van der Waals surface area contributed by atoms with E-state index >= 15 is 0 Å². The van der Waals surface area contributed by atoms with E-state index in [1.807, 2.05) is 0 Å². The van der Waals surface area contributed by atoms with Gasteiger partial charge in [0.05, 0.1) is 0 Å². The second-order valence-electron chi connectivity index (χ2n) is 7.20. The Hall–Kier alpha value is 0. The van der Waals surface area contributed by atoms with Gasteiger partial charge in [-0.25, -0.2) is 0 Å². The van der Waals surface area contributed by atoms with Crippen LogP contribution < -0.4 is 0 Å². The van der Waals surface area contributed by atoms with E-state index in [0.29, 0.717) is 10.8 Å². The van der Waals surface area contributed by atoms with Gasteiger partial charge in [0.2, 0.25) is 0 Å². The first-order chi connectivity index (χ1) is 6.34. The fourth-order valence-corrected chi connectivity index (χ4v) is 5.15. The maximum absolute atomic E-state index is 2.48. The molecule has 0 N–H and O–H groups in total. The molecule has 82 valence electrons. The van der Waals surface area contributed by atoms with Gasteiger partial charge in [0.15, 0.2) is 0 Å². The van der Waals surface area contributed by atoms with Crippen molar-refractivity contribution < 1.29 is 0 Å².